The maximum absolute atomic E-state index is 11.6. The topological polar surface area (TPSA) is 94.0 Å². The third kappa shape index (κ3) is 4.44. The van der Waals surface area contributed by atoms with Crippen LogP contribution in [0.1, 0.15) is 40.9 Å². The second-order valence-corrected chi connectivity index (χ2v) is 9.69. The molecule has 0 saturated heterocycles. The van der Waals surface area contributed by atoms with Gasteiger partial charge in [0, 0.05) is 23.7 Å². The molecule has 0 atom stereocenters. The van der Waals surface area contributed by atoms with E-state index < -0.39 is 11.4 Å². The molecule has 1 N–H and O–H groups in total. The van der Waals surface area contributed by atoms with E-state index in [9.17, 15) is 9.90 Å². The highest BCUT2D eigenvalue weighted by molar-refractivity contribution is 5.85. The summed E-state index contributed by atoms with van der Waals surface area (Å²) in [7, 11) is 0. The van der Waals surface area contributed by atoms with E-state index in [1.807, 2.05) is 84.5 Å². The van der Waals surface area contributed by atoms with Gasteiger partial charge >= 0.3 is 5.97 Å². The predicted molar refractivity (Wildman–Crippen MR) is 139 cm³/mol. The predicted octanol–water partition coefficient (Wildman–Crippen LogP) is 5.66. The number of carboxylic acid groups (broad SMARTS) is 1. The van der Waals surface area contributed by atoms with Crippen molar-refractivity contribution in [2.45, 2.75) is 38.1 Å². The Morgan fingerprint density at radius 1 is 0.946 bits per heavy atom. The molecule has 1 saturated carbocycles. The zero-order valence-electron chi connectivity index (χ0n) is 20.5. The zero-order chi connectivity index (χ0) is 25.4. The number of hydrogen-bond donors (Lipinski definition) is 1. The first-order chi connectivity index (χ1) is 18.0. The van der Waals surface area contributed by atoms with Crippen LogP contribution in [-0.2, 0) is 23.2 Å². The number of nitrogens with zero attached hydrogens (tertiary/aromatic N) is 4. The number of rotatable bonds is 8. The molecule has 1 fully saturated rings. The van der Waals surface area contributed by atoms with Gasteiger partial charge in [0.05, 0.1) is 23.3 Å². The van der Waals surface area contributed by atoms with Gasteiger partial charge in [0.25, 0.3) is 0 Å². The first-order valence-electron chi connectivity index (χ1n) is 12.3. The minimum absolute atomic E-state index is 0.577. The van der Waals surface area contributed by atoms with Crippen LogP contribution in [0.3, 0.4) is 0 Å². The summed E-state index contributed by atoms with van der Waals surface area (Å²) >= 11 is 0. The van der Waals surface area contributed by atoms with Crippen LogP contribution in [-0.4, -0.2) is 31.2 Å². The summed E-state index contributed by atoms with van der Waals surface area (Å²) in [5, 5.41) is 22.4. The van der Waals surface area contributed by atoms with E-state index in [4.69, 9.17) is 4.52 Å². The lowest BCUT2D eigenvalue weighted by molar-refractivity contribution is -0.140. The van der Waals surface area contributed by atoms with Crippen molar-refractivity contribution in [3.05, 3.63) is 113 Å². The lowest BCUT2D eigenvalue weighted by Gasteiger charge is -2.11. The summed E-state index contributed by atoms with van der Waals surface area (Å²) in [6, 6.07) is 26.2. The van der Waals surface area contributed by atoms with Crippen LogP contribution in [0.4, 0.5) is 0 Å². The van der Waals surface area contributed by atoms with Crippen LogP contribution < -0.4 is 0 Å². The summed E-state index contributed by atoms with van der Waals surface area (Å²) < 4.78 is 7.57. The van der Waals surface area contributed by atoms with Crippen LogP contribution in [0.2, 0.25) is 0 Å². The molecule has 0 bridgehead atoms. The third-order valence-electron chi connectivity index (χ3n) is 7.19. The van der Waals surface area contributed by atoms with Crippen LogP contribution in [0, 0.1) is 6.92 Å². The van der Waals surface area contributed by atoms with Crippen molar-refractivity contribution in [1.82, 2.24) is 20.2 Å². The molecule has 7 heteroatoms. The van der Waals surface area contributed by atoms with Crippen molar-refractivity contribution in [2.24, 2.45) is 0 Å². The Labute approximate surface area is 214 Å². The molecule has 0 spiro atoms. The van der Waals surface area contributed by atoms with Crippen molar-refractivity contribution in [3.63, 3.8) is 0 Å². The largest absolute Gasteiger partial charge is 0.481 e. The van der Waals surface area contributed by atoms with Gasteiger partial charge in [0.2, 0.25) is 0 Å². The Morgan fingerprint density at radius 3 is 2.24 bits per heavy atom. The first kappa shape index (κ1) is 22.9. The Kier molecular flexibility index (Phi) is 5.68. The quantitative estimate of drug-likeness (QED) is 0.301. The van der Waals surface area contributed by atoms with Gasteiger partial charge in [-0.3, -0.25) is 4.79 Å². The van der Waals surface area contributed by atoms with Crippen molar-refractivity contribution in [2.75, 3.05) is 0 Å². The molecule has 5 aromatic rings. The molecule has 0 aliphatic heterocycles. The second kappa shape index (κ2) is 9.17. The fourth-order valence-electron chi connectivity index (χ4n) is 4.82. The molecule has 1 aliphatic rings. The van der Waals surface area contributed by atoms with E-state index in [0.29, 0.717) is 25.8 Å². The van der Waals surface area contributed by atoms with E-state index >= 15 is 0 Å². The van der Waals surface area contributed by atoms with Gasteiger partial charge in [-0.25, -0.2) is 4.68 Å². The zero-order valence-corrected chi connectivity index (χ0v) is 20.5. The van der Waals surface area contributed by atoms with Gasteiger partial charge in [-0.2, -0.15) is 0 Å². The highest BCUT2D eigenvalue weighted by Gasteiger charge is 2.51. The van der Waals surface area contributed by atoms with Crippen LogP contribution in [0.25, 0.3) is 22.5 Å². The minimum atomic E-state index is -0.735. The molecular weight excluding hydrogens is 464 g/mol. The highest BCUT2D eigenvalue weighted by Crippen LogP contribution is 2.48. The summed E-state index contributed by atoms with van der Waals surface area (Å²) in [6.07, 6.45) is 3.96. The number of carboxylic acids is 1. The molecule has 2 aromatic heterocycles. The SMILES string of the molecule is Cc1noc(-c2ccc(-c3ccc(C4(C(=O)O)CC4)cc3)cc2)c1Cc1cn(Cc2ccccc2)nn1. The molecule has 0 radical (unpaired) electrons. The average Bonchev–Trinajstić information content (AvgIpc) is 3.52. The molecule has 184 valence electrons. The number of aryl methyl sites for hydroxylation is 1. The number of hydrogen-bond acceptors (Lipinski definition) is 5. The van der Waals surface area contributed by atoms with E-state index in [1.165, 1.54) is 5.56 Å². The maximum Gasteiger partial charge on any atom is 0.314 e. The van der Waals surface area contributed by atoms with Crippen LogP contribution in [0.5, 0.6) is 0 Å². The van der Waals surface area contributed by atoms with Crippen molar-refractivity contribution < 1.29 is 14.4 Å². The van der Waals surface area contributed by atoms with E-state index in [-0.39, 0.29) is 0 Å². The Morgan fingerprint density at radius 2 is 1.59 bits per heavy atom. The Hall–Kier alpha value is -4.52. The van der Waals surface area contributed by atoms with E-state index in [1.54, 1.807) is 0 Å². The minimum Gasteiger partial charge on any atom is -0.481 e. The van der Waals surface area contributed by atoms with Crippen molar-refractivity contribution in [1.29, 1.82) is 0 Å². The first-order valence-corrected chi connectivity index (χ1v) is 12.3. The monoisotopic (exact) mass is 490 g/mol. The molecule has 37 heavy (non-hydrogen) atoms. The summed E-state index contributed by atoms with van der Waals surface area (Å²) in [5.74, 6) is -0.00404. The summed E-state index contributed by atoms with van der Waals surface area (Å²) in [4.78, 5) is 11.6. The average molecular weight is 491 g/mol. The molecule has 0 amide bonds. The third-order valence-corrected chi connectivity index (χ3v) is 7.19. The molecule has 7 nitrogen and oxygen atoms in total. The highest BCUT2D eigenvalue weighted by atomic mass is 16.5. The number of benzene rings is 3. The lowest BCUT2D eigenvalue weighted by Crippen LogP contribution is -2.19. The standard InChI is InChI=1S/C30H26N4O3/c1-20-27(17-26-19-34(33-31-26)18-21-5-3-2-4-6-21)28(37-32-20)24-9-7-22(8-10-24)23-11-13-25(14-12-23)30(15-16-30)29(35)36/h2-14,19H,15-18H2,1H3,(H,35,36). The Balaban J connectivity index is 1.19. The smallest absolute Gasteiger partial charge is 0.314 e. The maximum atomic E-state index is 11.6. The number of aromatic nitrogens is 4. The van der Waals surface area contributed by atoms with Crippen molar-refractivity contribution >= 4 is 5.97 Å². The van der Waals surface area contributed by atoms with Gasteiger partial charge in [0.15, 0.2) is 5.76 Å². The van der Waals surface area contributed by atoms with Gasteiger partial charge in [-0.05, 0) is 42.0 Å². The van der Waals surface area contributed by atoms with Gasteiger partial charge in [-0.15, -0.1) is 5.10 Å². The Bertz CT molecular complexity index is 1550. The lowest BCUT2D eigenvalue weighted by atomic mass is 9.93. The summed E-state index contributed by atoms with van der Waals surface area (Å²) in [6.45, 7) is 2.61. The molecular formula is C30H26N4O3. The molecule has 2 heterocycles. The van der Waals surface area contributed by atoms with Crippen LogP contribution in [0.15, 0.2) is 89.6 Å². The van der Waals surface area contributed by atoms with Gasteiger partial charge < -0.3 is 9.63 Å². The molecule has 0 unspecified atom stereocenters. The summed E-state index contributed by atoms with van der Waals surface area (Å²) in [5.41, 5.74) is 7.08. The fourth-order valence-corrected chi connectivity index (χ4v) is 4.82. The number of carbonyl (C=O) groups is 1. The van der Waals surface area contributed by atoms with Gasteiger partial charge in [0.1, 0.15) is 0 Å². The van der Waals surface area contributed by atoms with E-state index in [0.717, 1.165) is 45.0 Å². The molecule has 1 aliphatic carbocycles. The van der Waals surface area contributed by atoms with Gasteiger partial charge in [-0.1, -0.05) is 89.2 Å². The molecule has 3 aromatic carbocycles. The number of aliphatic carboxylic acids is 1. The molecule has 6 rings (SSSR count). The second-order valence-electron chi connectivity index (χ2n) is 9.69. The fraction of sp³-hybridized carbons (Fsp3) is 0.200. The van der Waals surface area contributed by atoms with Crippen LogP contribution >= 0.6 is 0 Å². The van der Waals surface area contributed by atoms with E-state index in [2.05, 4.69) is 27.6 Å². The normalized spacial score (nSPS) is 14.0. The van der Waals surface area contributed by atoms with Crippen molar-refractivity contribution in [3.8, 4) is 22.5 Å².